The Bertz CT molecular complexity index is 1850. The first-order chi connectivity index (χ1) is 17.7. The molecule has 0 aromatic heterocycles. The molecule has 0 spiro atoms. The Hall–Kier alpha value is -3.95. The molecular weight excluding hydrogens is 556 g/mol. The number of rotatable bonds is 7. The lowest BCUT2D eigenvalue weighted by atomic mass is 10.1. The number of sulfone groups is 1. The molecule has 38 heavy (non-hydrogen) atoms. The van der Waals surface area contributed by atoms with Crippen molar-refractivity contribution in [3.63, 3.8) is 0 Å². The second-order valence-corrected chi connectivity index (χ2v) is 12.7. The maximum atomic E-state index is 13.6. The molecule has 0 amide bonds. The number of benzene rings is 4. The van der Waals surface area contributed by atoms with Gasteiger partial charge in [-0.3, -0.25) is 9.11 Å². The molecule has 0 fully saturated rings. The molecule has 0 atom stereocenters. The summed E-state index contributed by atoms with van der Waals surface area (Å²) in [4.78, 5) is -1.96. The van der Waals surface area contributed by atoms with E-state index in [1.54, 1.807) is 24.3 Å². The van der Waals surface area contributed by atoms with Crippen LogP contribution in [0.5, 0.6) is 11.5 Å². The Labute approximate surface area is 218 Å². The number of ether oxygens (including phenoxy) is 1. The van der Waals surface area contributed by atoms with Gasteiger partial charge in [0.1, 0.15) is 16.4 Å². The first kappa shape index (κ1) is 27.1. The van der Waals surface area contributed by atoms with Crippen molar-refractivity contribution in [1.82, 2.24) is 0 Å². The molecule has 0 unspecified atom stereocenters. The summed E-state index contributed by atoms with van der Waals surface area (Å²) in [5.41, 5.74) is 13.0. The summed E-state index contributed by atoms with van der Waals surface area (Å²) < 4.78 is 98.4. The van der Waals surface area contributed by atoms with Crippen molar-refractivity contribution < 1.29 is 39.1 Å². The van der Waals surface area contributed by atoms with Crippen LogP contribution < -0.4 is 16.2 Å². The highest BCUT2D eigenvalue weighted by molar-refractivity contribution is 7.91. The monoisotopic (exact) mass is 576 g/mol. The zero-order valence-electron chi connectivity index (χ0n) is 19.2. The number of hydrogen-bond acceptors (Lipinski definition) is 9. The van der Waals surface area contributed by atoms with Crippen LogP contribution >= 0.6 is 0 Å². The smallest absolute Gasteiger partial charge is 0.298 e. The van der Waals surface area contributed by atoms with E-state index in [1.165, 1.54) is 18.2 Å². The maximum Gasteiger partial charge on any atom is 0.298 e. The standard InChI is InChI=1S/C24H20N2O9S3/c25-16-3-1-15(2-4-16)21-11-5-17(26)13-23(21)36(27,28)20-10-12-22(24(14-20)38(32,33)34)35-18-6-8-19(9-7-18)37(29,30)31/h1-14H,25-26H2,(H,29,30,31)(H,32,33,34). The predicted octanol–water partition coefficient (Wildman–Crippen LogP) is 3.64. The van der Waals surface area contributed by atoms with Gasteiger partial charge < -0.3 is 16.2 Å². The van der Waals surface area contributed by atoms with Crippen molar-refractivity contribution in [3.8, 4) is 22.6 Å². The third-order valence-electron chi connectivity index (χ3n) is 5.37. The van der Waals surface area contributed by atoms with Crippen LogP contribution in [-0.4, -0.2) is 34.4 Å². The van der Waals surface area contributed by atoms with Crippen LogP contribution in [-0.2, 0) is 30.1 Å². The van der Waals surface area contributed by atoms with Gasteiger partial charge in [0, 0.05) is 16.9 Å². The molecule has 0 radical (unpaired) electrons. The molecule has 0 saturated carbocycles. The van der Waals surface area contributed by atoms with Crippen molar-refractivity contribution in [2.75, 3.05) is 11.5 Å². The Morgan fingerprint density at radius 1 is 0.579 bits per heavy atom. The van der Waals surface area contributed by atoms with Gasteiger partial charge in [-0.2, -0.15) is 16.8 Å². The number of anilines is 2. The third kappa shape index (κ3) is 5.64. The van der Waals surface area contributed by atoms with Gasteiger partial charge >= 0.3 is 0 Å². The SMILES string of the molecule is Nc1ccc(-c2ccc(N)cc2S(=O)(=O)c2ccc(Oc3ccc(S(=O)(=O)O)cc3)c(S(=O)(=O)O)c2)cc1. The van der Waals surface area contributed by atoms with E-state index in [0.717, 1.165) is 42.5 Å². The lowest BCUT2D eigenvalue weighted by Gasteiger charge is -2.15. The molecule has 6 N–H and O–H groups in total. The Morgan fingerprint density at radius 2 is 1.16 bits per heavy atom. The first-order valence-electron chi connectivity index (χ1n) is 10.5. The van der Waals surface area contributed by atoms with Crippen LogP contribution in [0.25, 0.3) is 11.1 Å². The highest BCUT2D eigenvalue weighted by Crippen LogP contribution is 2.37. The van der Waals surface area contributed by atoms with Gasteiger partial charge in [0.15, 0.2) is 0 Å². The van der Waals surface area contributed by atoms with E-state index >= 15 is 0 Å². The molecule has 4 aromatic carbocycles. The van der Waals surface area contributed by atoms with E-state index in [-0.39, 0.29) is 21.9 Å². The highest BCUT2D eigenvalue weighted by atomic mass is 32.2. The van der Waals surface area contributed by atoms with E-state index in [9.17, 15) is 29.8 Å². The van der Waals surface area contributed by atoms with Crippen LogP contribution in [0.4, 0.5) is 11.4 Å². The lowest BCUT2D eigenvalue weighted by Crippen LogP contribution is -2.08. The first-order valence-corrected chi connectivity index (χ1v) is 14.9. The Balaban J connectivity index is 1.81. The number of hydrogen-bond donors (Lipinski definition) is 4. The van der Waals surface area contributed by atoms with Crippen LogP contribution in [0, 0.1) is 0 Å². The van der Waals surface area contributed by atoms with Crippen molar-refractivity contribution in [2.24, 2.45) is 0 Å². The molecule has 4 aromatic rings. The molecule has 0 saturated heterocycles. The van der Waals surface area contributed by atoms with Gasteiger partial charge in [-0.25, -0.2) is 8.42 Å². The fraction of sp³-hybridized carbons (Fsp3) is 0. The summed E-state index contributed by atoms with van der Waals surface area (Å²) in [6.45, 7) is 0. The van der Waals surface area contributed by atoms with Crippen LogP contribution in [0.3, 0.4) is 0 Å². The molecule has 11 nitrogen and oxygen atoms in total. The van der Waals surface area contributed by atoms with E-state index in [2.05, 4.69) is 0 Å². The largest absolute Gasteiger partial charge is 0.456 e. The molecule has 0 bridgehead atoms. The van der Waals surface area contributed by atoms with Crippen LogP contribution in [0.1, 0.15) is 0 Å². The number of nitrogen functional groups attached to an aromatic ring is 2. The Kier molecular flexibility index (Phi) is 6.94. The lowest BCUT2D eigenvalue weighted by molar-refractivity contribution is 0.449. The van der Waals surface area contributed by atoms with Crippen molar-refractivity contribution >= 4 is 41.4 Å². The van der Waals surface area contributed by atoms with Gasteiger partial charge in [0.05, 0.1) is 14.7 Å². The fourth-order valence-corrected chi connectivity index (χ4v) is 6.27. The van der Waals surface area contributed by atoms with Gasteiger partial charge in [-0.15, -0.1) is 0 Å². The normalized spacial score (nSPS) is 12.3. The van der Waals surface area contributed by atoms with Crippen LogP contribution in [0.2, 0.25) is 0 Å². The minimum Gasteiger partial charge on any atom is -0.456 e. The summed E-state index contributed by atoms with van der Waals surface area (Å²) in [6.07, 6.45) is 0. The van der Waals surface area contributed by atoms with E-state index in [1.807, 2.05) is 0 Å². The fourth-order valence-electron chi connectivity index (χ4n) is 3.54. The minimum absolute atomic E-state index is 0.0561. The molecule has 198 valence electrons. The van der Waals surface area contributed by atoms with Gasteiger partial charge in [-0.05, 0) is 72.3 Å². The summed E-state index contributed by atoms with van der Waals surface area (Å²) in [6, 6.07) is 17.8. The molecule has 0 aliphatic rings. The molecule has 0 aliphatic carbocycles. The van der Waals surface area contributed by atoms with Gasteiger partial charge in [0.2, 0.25) is 9.84 Å². The molecular formula is C24H20N2O9S3. The quantitative estimate of drug-likeness (QED) is 0.185. The third-order valence-corrected chi connectivity index (χ3v) is 8.90. The average Bonchev–Trinajstić information content (AvgIpc) is 2.84. The summed E-state index contributed by atoms with van der Waals surface area (Å²) in [5.74, 6) is -0.489. The molecule has 0 heterocycles. The second-order valence-electron chi connectivity index (χ2n) is 8.01. The zero-order valence-corrected chi connectivity index (χ0v) is 21.7. The average molecular weight is 577 g/mol. The molecule has 14 heteroatoms. The van der Waals surface area contributed by atoms with Gasteiger partial charge in [0.25, 0.3) is 20.2 Å². The van der Waals surface area contributed by atoms with E-state index in [4.69, 9.17) is 20.8 Å². The zero-order chi connectivity index (χ0) is 27.9. The summed E-state index contributed by atoms with van der Waals surface area (Å²) in [5, 5.41) is 0. The van der Waals surface area contributed by atoms with Gasteiger partial charge in [-0.1, -0.05) is 18.2 Å². The highest BCUT2D eigenvalue weighted by Gasteiger charge is 2.27. The van der Waals surface area contributed by atoms with Crippen molar-refractivity contribution in [2.45, 2.75) is 19.6 Å². The summed E-state index contributed by atoms with van der Waals surface area (Å²) >= 11 is 0. The van der Waals surface area contributed by atoms with Crippen LogP contribution in [0.15, 0.2) is 105 Å². The predicted molar refractivity (Wildman–Crippen MR) is 139 cm³/mol. The van der Waals surface area contributed by atoms with E-state index in [0.29, 0.717) is 11.3 Å². The second kappa shape index (κ2) is 9.74. The molecule has 4 rings (SSSR count). The Morgan fingerprint density at radius 3 is 1.74 bits per heavy atom. The van der Waals surface area contributed by atoms with E-state index < -0.39 is 50.5 Å². The topological polar surface area (TPSA) is 204 Å². The number of nitrogens with two attached hydrogens (primary N) is 2. The maximum absolute atomic E-state index is 13.6. The van der Waals surface area contributed by atoms with Crippen molar-refractivity contribution in [3.05, 3.63) is 84.9 Å². The minimum atomic E-state index is -4.99. The summed E-state index contributed by atoms with van der Waals surface area (Å²) in [7, 11) is -13.8. The molecule has 0 aliphatic heterocycles. The van der Waals surface area contributed by atoms with Crippen molar-refractivity contribution in [1.29, 1.82) is 0 Å².